The second-order valence-electron chi connectivity index (χ2n) is 6.11. The molecule has 0 saturated heterocycles. The molecule has 1 N–H and O–H groups in total. The van der Waals surface area contributed by atoms with Gasteiger partial charge in [0.15, 0.2) is 0 Å². The molecule has 0 bridgehead atoms. The highest BCUT2D eigenvalue weighted by molar-refractivity contribution is 7.09. The molecule has 1 aromatic heterocycles. The summed E-state index contributed by atoms with van der Waals surface area (Å²) in [6.45, 7) is 6.49. The molecule has 3 unspecified atom stereocenters. The maximum absolute atomic E-state index is 11.4. The fraction of sp³-hybridized carbons (Fsp3) is 0.733. The number of carboxylic acids is 1. The Morgan fingerprint density at radius 3 is 2.79 bits per heavy atom. The van der Waals surface area contributed by atoms with Crippen molar-refractivity contribution in [1.29, 1.82) is 0 Å². The van der Waals surface area contributed by atoms with E-state index in [-0.39, 0.29) is 11.8 Å². The SMILES string of the molecule is Cc1csc(CC2CC(C(C)C)CCC2C(=O)O)n1. The van der Waals surface area contributed by atoms with Crippen molar-refractivity contribution in [3.63, 3.8) is 0 Å². The quantitative estimate of drug-likeness (QED) is 0.914. The van der Waals surface area contributed by atoms with Gasteiger partial charge in [0.25, 0.3) is 0 Å². The van der Waals surface area contributed by atoms with E-state index in [2.05, 4.69) is 18.8 Å². The second-order valence-corrected chi connectivity index (χ2v) is 7.05. The van der Waals surface area contributed by atoms with Crippen LogP contribution in [0.5, 0.6) is 0 Å². The summed E-state index contributed by atoms with van der Waals surface area (Å²) in [5.74, 6) is 0.765. The summed E-state index contributed by atoms with van der Waals surface area (Å²) in [4.78, 5) is 15.9. The first-order chi connectivity index (χ1) is 8.97. The Balaban J connectivity index is 2.09. The van der Waals surface area contributed by atoms with E-state index < -0.39 is 5.97 Å². The van der Waals surface area contributed by atoms with Crippen molar-refractivity contribution in [3.8, 4) is 0 Å². The standard InChI is InChI=1S/C15H23NO2S/c1-9(2)11-4-5-13(15(17)18)12(6-11)7-14-16-10(3)8-19-14/h8-9,11-13H,4-7H2,1-3H3,(H,17,18). The lowest BCUT2D eigenvalue weighted by atomic mass is 9.69. The zero-order chi connectivity index (χ0) is 14.0. The van der Waals surface area contributed by atoms with Gasteiger partial charge >= 0.3 is 5.97 Å². The number of thiazole rings is 1. The Labute approximate surface area is 119 Å². The van der Waals surface area contributed by atoms with Crippen LogP contribution < -0.4 is 0 Å². The summed E-state index contributed by atoms with van der Waals surface area (Å²) in [5, 5.41) is 12.5. The van der Waals surface area contributed by atoms with Crippen LogP contribution in [-0.2, 0) is 11.2 Å². The predicted octanol–water partition coefficient (Wildman–Crippen LogP) is 3.77. The second kappa shape index (κ2) is 6.04. The lowest BCUT2D eigenvalue weighted by Crippen LogP contribution is -2.33. The molecule has 3 nitrogen and oxygen atoms in total. The minimum Gasteiger partial charge on any atom is -0.481 e. The molecule has 1 heterocycles. The zero-order valence-corrected chi connectivity index (χ0v) is 12.7. The van der Waals surface area contributed by atoms with E-state index >= 15 is 0 Å². The minimum atomic E-state index is -0.625. The van der Waals surface area contributed by atoms with Crippen molar-refractivity contribution in [2.45, 2.75) is 46.5 Å². The molecule has 4 heteroatoms. The molecule has 19 heavy (non-hydrogen) atoms. The summed E-state index contributed by atoms with van der Waals surface area (Å²) in [5.41, 5.74) is 1.04. The molecule has 1 fully saturated rings. The van der Waals surface area contributed by atoms with Gasteiger partial charge in [-0.25, -0.2) is 4.98 Å². The monoisotopic (exact) mass is 281 g/mol. The van der Waals surface area contributed by atoms with Crippen LogP contribution in [0, 0.1) is 30.6 Å². The van der Waals surface area contributed by atoms with E-state index in [1.54, 1.807) is 11.3 Å². The van der Waals surface area contributed by atoms with Crippen LogP contribution >= 0.6 is 11.3 Å². The largest absolute Gasteiger partial charge is 0.481 e. The zero-order valence-electron chi connectivity index (χ0n) is 11.9. The number of aliphatic carboxylic acids is 1. The molecule has 0 aromatic carbocycles. The maximum atomic E-state index is 11.4. The van der Waals surface area contributed by atoms with E-state index in [4.69, 9.17) is 0 Å². The van der Waals surface area contributed by atoms with E-state index in [9.17, 15) is 9.90 Å². The molecule has 2 rings (SSSR count). The van der Waals surface area contributed by atoms with Gasteiger partial charge in [0.05, 0.1) is 10.9 Å². The van der Waals surface area contributed by atoms with Gasteiger partial charge in [0.2, 0.25) is 0 Å². The molecular weight excluding hydrogens is 258 g/mol. The Hall–Kier alpha value is -0.900. The molecule has 0 aliphatic heterocycles. The van der Waals surface area contributed by atoms with Crippen LogP contribution in [0.3, 0.4) is 0 Å². The van der Waals surface area contributed by atoms with Gasteiger partial charge in [-0.1, -0.05) is 13.8 Å². The lowest BCUT2D eigenvalue weighted by molar-refractivity contribution is -0.145. The van der Waals surface area contributed by atoms with Crippen LogP contribution in [-0.4, -0.2) is 16.1 Å². The van der Waals surface area contributed by atoms with Crippen molar-refractivity contribution in [2.24, 2.45) is 23.7 Å². The van der Waals surface area contributed by atoms with E-state index in [1.165, 1.54) is 0 Å². The summed E-state index contributed by atoms with van der Waals surface area (Å²) in [6, 6.07) is 0. The summed E-state index contributed by atoms with van der Waals surface area (Å²) >= 11 is 1.66. The summed E-state index contributed by atoms with van der Waals surface area (Å²) in [6.07, 6.45) is 3.75. The number of carboxylic acid groups (broad SMARTS) is 1. The third-order valence-corrected chi connectivity index (χ3v) is 5.38. The molecule has 1 saturated carbocycles. The molecule has 1 aliphatic carbocycles. The highest BCUT2D eigenvalue weighted by Crippen LogP contribution is 2.39. The van der Waals surface area contributed by atoms with Gasteiger partial charge in [0.1, 0.15) is 0 Å². The highest BCUT2D eigenvalue weighted by Gasteiger charge is 2.36. The van der Waals surface area contributed by atoms with Gasteiger partial charge in [-0.3, -0.25) is 4.79 Å². The van der Waals surface area contributed by atoms with Crippen molar-refractivity contribution in [3.05, 3.63) is 16.1 Å². The number of carbonyl (C=O) groups is 1. The van der Waals surface area contributed by atoms with E-state index in [0.717, 1.165) is 36.4 Å². The van der Waals surface area contributed by atoms with Gasteiger partial charge in [0, 0.05) is 17.5 Å². The fourth-order valence-corrected chi connectivity index (χ4v) is 4.04. The molecule has 0 amide bonds. The topological polar surface area (TPSA) is 50.2 Å². The first-order valence-corrected chi connectivity index (χ1v) is 7.99. The average Bonchev–Trinajstić information content (AvgIpc) is 2.74. The van der Waals surface area contributed by atoms with Crippen LogP contribution in [0.25, 0.3) is 0 Å². The minimum absolute atomic E-state index is 0.181. The van der Waals surface area contributed by atoms with E-state index in [1.807, 2.05) is 12.3 Å². The van der Waals surface area contributed by atoms with Crippen molar-refractivity contribution >= 4 is 17.3 Å². The van der Waals surface area contributed by atoms with Gasteiger partial charge in [-0.2, -0.15) is 0 Å². The Bertz CT molecular complexity index is 441. The van der Waals surface area contributed by atoms with Crippen molar-refractivity contribution in [1.82, 2.24) is 4.98 Å². The van der Waals surface area contributed by atoms with Gasteiger partial charge in [-0.15, -0.1) is 11.3 Å². The van der Waals surface area contributed by atoms with Gasteiger partial charge in [-0.05, 0) is 43.9 Å². The number of aryl methyl sites for hydroxylation is 1. The maximum Gasteiger partial charge on any atom is 0.306 e. The number of hydrogen-bond acceptors (Lipinski definition) is 3. The predicted molar refractivity (Wildman–Crippen MR) is 77.3 cm³/mol. The number of rotatable bonds is 4. The Morgan fingerprint density at radius 2 is 2.26 bits per heavy atom. The fourth-order valence-electron chi connectivity index (χ4n) is 3.18. The normalized spacial score (nSPS) is 27.7. The van der Waals surface area contributed by atoms with Crippen LogP contribution in [0.4, 0.5) is 0 Å². The molecule has 1 aromatic rings. The molecule has 1 aliphatic rings. The molecule has 0 radical (unpaired) electrons. The summed E-state index contributed by atoms with van der Waals surface area (Å²) < 4.78 is 0. The Morgan fingerprint density at radius 1 is 1.53 bits per heavy atom. The molecule has 0 spiro atoms. The molecule has 3 atom stereocenters. The van der Waals surface area contributed by atoms with Crippen LogP contribution in [0.2, 0.25) is 0 Å². The first kappa shape index (κ1) is 14.5. The third-order valence-electron chi connectivity index (χ3n) is 4.39. The molecular formula is C15H23NO2S. The number of hydrogen-bond donors (Lipinski definition) is 1. The summed E-state index contributed by atoms with van der Waals surface area (Å²) in [7, 11) is 0. The van der Waals surface area contributed by atoms with E-state index in [0.29, 0.717) is 11.8 Å². The first-order valence-electron chi connectivity index (χ1n) is 7.11. The smallest absolute Gasteiger partial charge is 0.306 e. The number of aromatic nitrogens is 1. The number of nitrogens with zero attached hydrogens (tertiary/aromatic N) is 1. The van der Waals surface area contributed by atoms with Crippen molar-refractivity contribution in [2.75, 3.05) is 0 Å². The third kappa shape index (κ3) is 3.56. The molecule has 106 valence electrons. The van der Waals surface area contributed by atoms with Crippen molar-refractivity contribution < 1.29 is 9.90 Å². The lowest BCUT2D eigenvalue weighted by Gasteiger charge is -2.35. The Kier molecular flexibility index (Phi) is 4.61. The highest BCUT2D eigenvalue weighted by atomic mass is 32.1. The van der Waals surface area contributed by atoms with Crippen LogP contribution in [0.15, 0.2) is 5.38 Å². The van der Waals surface area contributed by atoms with Crippen LogP contribution in [0.1, 0.15) is 43.8 Å². The van der Waals surface area contributed by atoms with Gasteiger partial charge < -0.3 is 5.11 Å². The average molecular weight is 281 g/mol.